The zero-order valence-corrected chi connectivity index (χ0v) is 11.9. The minimum atomic E-state index is -0.920. The van der Waals surface area contributed by atoms with Crippen molar-refractivity contribution in [2.75, 3.05) is 11.9 Å². The molecule has 0 fully saturated rings. The van der Waals surface area contributed by atoms with Gasteiger partial charge in [-0.05, 0) is 31.5 Å². The summed E-state index contributed by atoms with van der Waals surface area (Å²) in [6.45, 7) is 3.45. The lowest BCUT2D eigenvalue weighted by atomic mass is 10.1. The zero-order chi connectivity index (χ0) is 15.8. The molecule has 114 valence electrons. The molecule has 7 heteroatoms. The van der Waals surface area contributed by atoms with Gasteiger partial charge in [0.1, 0.15) is 6.04 Å². The molecular weight excluding hydrogens is 276 g/mol. The maximum absolute atomic E-state index is 11.7. The second-order valence-corrected chi connectivity index (χ2v) is 4.34. The van der Waals surface area contributed by atoms with Gasteiger partial charge in [-0.2, -0.15) is 0 Å². The van der Waals surface area contributed by atoms with Crippen molar-refractivity contribution in [3.8, 4) is 0 Å². The third kappa shape index (κ3) is 5.94. The fourth-order valence-corrected chi connectivity index (χ4v) is 1.57. The SMILES string of the molecule is CCOC(=O)C(C)NC(=O)Nc1ccc(CC(=O)O)cc1. The fraction of sp³-hybridized carbons (Fsp3) is 0.357. The minimum absolute atomic E-state index is 0.0770. The predicted molar refractivity (Wildman–Crippen MR) is 76.0 cm³/mol. The van der Waals surface area contributed by atoms with Crippen LogP contribution in [-0.4, -0.2) is 35.7 Å². The summed E-state index contributed by atoms with van der Waals surface area (Å²) >= 11 is 0. The summed E-state index contributed by atoms with van der Waals surface area (Å²) in [7, 11) is 0. The highest BCUT2D eigenvalue weighted by molar-refractivity contribution is 5.92. The molecule has 1 unspecified atom stereocenters. The molecule has 2 amide bonds. The Hall–Kier alpha value is -2.57. The van der Waals surface area contributed by atoms with Crippen LogP contribution in [0.1, 0.15) is 19.4 Å². The van der Waals surface area contributed by atoms with Crippen molar-refractivity contribution >= 4 is 23.7 Å². The number of benzene rings is 1. The van der Waals surface area contributed by atoms with Crippen molar-refractivity contribution in [3.63, 3.8) is 0 Å². The van der Waals surface area contributed by atoms with Gasteiger partial charge < -0.3 is 20.5 Å². The van der Waals surface area contributed by atoms with Crippen LogP contribution in [0.5, 0.6) is 0 Å². The number of hydrogen-bond donors (Lipinski definition) is 3. The molecule has 0 radical (unpaired) electrons. The van der Waals surface area contributed by atoms with Gasteiger partial charge in [-0.15, -0.1) is 0 Å². The summed E-state index contributed by atoms with van der Waals surface area (Å²) in [6.07, 6.45) is -0.0770. The molecule has 0 aliphatic rings. The van der Waals surface area contributed by atoms with Crippen LogP contribution < -0.4 is 10.6 Å². The Balaban J connectivity index is 2.51. The second kappa shape index (κ2) is 7.88. The van der Waals surface area contributed by atoms with Crippen LogP contribution in [-0.2, 0) is 20.7 Å². The second-order valence-electron chi connectivity index (χ2n) is 4.34. The number of anilines is 1. The molecule has 3 N–H and O–H groups in total. The van der Waals surface area contributed by atoms with E-state index in [0.29, 0.717) is 11.3 Å². The molecule has 0 bridgehead atoms. The highest BCUT2D eigenvalue weighted by Crippen LogP contribution is 2.10. The lowest BCUT2D eigenvalue weighted by Crippen LogP contribution is -2.41. The number of carboxylic acids is 1. The zero-order valence-electron chi connectivity index (χ0n) is 11.9. The molecule has 0 heterocycles. The monoisotopic (exact) mass is 294 g/mol. The molecule has 1 aromatic carbocycles. The molecular formula is C14H18N2O5. The normalized spacial score (nSPS) is 11.3. The van der Waals surface area contributed by atoms with E-state index in [2.05, 4.69) is 10.6 Å². The Morgan fingerprint density at radius 1 is 1.24 bits per heavy atom. The Kier molecular flexibility index (Phi) is 6.19. The molecule has 21 heavy (non-hydrogen) atoms. The minimum Gasteiger partial charge on any atom is -0.481 e. The van der Waals surface area contributed by atoms with E-state index in [1.165, 1.54) is 6.92 Å². The van der Waals surface area contributed by atoms with Gasteiger partial charge in [-0.1, -0.05) is 12.1 Å². The number of carboxylic acid groups (broad SMARTS) is 1. The third-order valence-electron chi connectivity index (χ3n) is 2.55. The smallest absolute Gasteiger partial charge is 0.328 e. The molecule has 7 nitrogen and oxygen atoms in total. The number of rotatable bonds is 6. The molecule has 1 aromatic rings. The summed E-state index contributed by atoms with van der Waals surface area (Å²) in [4.78, 5) is 33.6. The van der Waals surface area contributed by atoms with Crippen molar-refractivity contribution in [2.24, 2.45) is 0 Å². The molecule has 0 saturated carbocycles. The Morgan fingerprint density at radius 3 is 2.38 bits per heavy atom. The largest absolute Gasteiger partial charge is 0.481 e. The molecule has 0 saturated heterocycles. The highest BCUT2D eigenvalue weighted by Gasteiger charge is 2.16. The first-order chi connectivity index (χ1) is 9.92. The number of esters is 1. The highest BCUT2D eigenvalue weighted by atomic mass is 16.5. The van der Waals surface area contributed by atoms with Crippen molar-refractivity contribution in [2.45, 2.75) is 26.3 Å². The van der Waals surface area contributed by atoms with Gasteiger partial charge in [0.2, 0.25) is 0 Å². The van der Waals surface area contributed by atoms with Gasteiger partial charge in [0.15, 0.2) is 0 Å². The van der Waals surface area contributed by atoms with E-state index in [1.54, 1.807) is 31.2 Å². The number of carbonyl (C=O) groups excluding carboxylic acids is 2. The number of aliphatic carboxylic acids is 1. The van der Waals surface area contributed by atoms with E-state index >= 15 is 0 Å². The van der Waals surface area contributed by atoms with E-state index < -0.39 is 24.0 Å². The van der Waals surface area contributed by atoms with Gasteiger partial charge in [0, 0.05) is 5.69 Å². The van der Waals surface area contributed by atoms with E-state index in [-0.39, 0.29) is 13.0 Å². The Morgan fingerprint density at radius 2 is 1.86 bits per heavy atom. The van der Waals surface area contributed by atoms with Crippen LogP contribution in [0.15, 0.2) is 24.3 Å². The molecule has 0 spiro atoms. The number of hydrogen-bond acceptors (Lipinski definition) is 4. The van der Waals surface area contributed by atoms with Crippen LogP contribution in [0.2, 0.25) is 0 Å². The standard InChI is InChI=1S/C14H18N2O5/c1-3-21-13(19)9(2)15-14(20)16-11-6-4-10(5-7-11)8-12(17)18/h4-7,9H,3,8H2,1-2H3,(H,17,18)(H2,15,16,20). The van der Waals surface area contributed by atoms with E-state index in [9.17, 15) is 14.4 Å². The van der Waals surface area contributed by atoms with E-state index in [1.807, 2.05) is 0 Å². The molecule has 1 rings (SSSR count). The summed E-state index contributed by atoms with van der Waals surface area (Å²) in [5, 5.41) is 13.6. The van der Waals surface area contributed by atoms with Crippen molar-refractivity contribution < 1.29 is 24.2 Å². The van der Waals surface area contributed by atoms with Gasteiger partial charge in [-0.3, -0.25) is 4.79 Å². The number of nitrogens with one attached hydrogen (secondary N) is 2. The van der Waals surface area contributed by atoms with Gasteiger partial charge >= 0.3 is 18.0 Å². The third-order valence-corrected chi connectivity index (χ3v) is 2.55. The number of carbonyl (C=O) groups is 3. The average molecular weight is 294 g/mol. The predicted octanol–water partition coefficient (Wildman–Crippen LogP) is 1.39. The number of urea groups is 1. The lowest BCUT2D eigenvalue weighted by molar-refractivity contribution is -0.144. The van der Waals surface area contributed by atoms with Crippen LogP contribution in [0.3, 0.4) is 0 Å². The first kappa shape index (κ1) is 16.5. The summed E-state index contributed by atoms with van der Waals surface area (Å²) in [6, 6.07) is 5.11. The average Bonchev–Trinajstić information content (AvgIpc) is 2.40. The summed E-state index contributed by atoms with van der Waals surface area (Å²) < 4.78 is 4.77. The van der Waals surface area contributed by atoms with Crippen LogP contribution in [0, 0.1) is 0 Å². The maximum Gasteiger partial charge on any atom is 0.328 e. The van der Waals surface area contributed by atoms with Crippen LogP contribution >= 0.6 is 0 Å². The van der Waals surface area contributed by atoms with Gasteiger partial charge in [0.05, 0.1) is 13.0 Å². The number of ether oxygens (including phenoxy) is 1. The van der Waals surface area contributed by atoms with Gasteiger partial charge in [0.25, 0.3) is 0 Å². The maximum atomic E-state index is 11.7. The summed E-state index contributed by atoms with van der Waals surface area (Å²) in [5.74, 6) is -1.43. The molecule has 0 aromatic heterocycles. The lowest BCUT2D eigenvalue weighted by Gasteiger charge is -2.13. The van der Waals surface area contributed by atoms with E-state index in [0.717, 1.165) is 0 Å². The fourth-order valence-electron chi connectivity index (χ4n) is 1.57. The Labute approximate surface area is 122 Å². The quantitative estimate of drug-likeness (QED) is 0.688. The van der Waals surface area contributed by atoms with Crippen molar-refractivity contribution in [1.29, 1.82) is 0 Å². The number of amides is 2. The first-order valence-electron chi connectivity index (χ1n) is 6.47. The van der Waals surface area contributed by atoms with Crippen LogP contribution in [0.4, 0.5) is 10.5 Å². The first-order valence-corrected chi connectivity index (χ1v) is 6.47. The molecule has 0 aliphatic heterocycles. The van der Waals surface area contributed by atoms with Crippen molar-refractivity contribution in [3.05, 3.63) is 29.8 Å². The molecule has 0 aliphatic carbocycles. The van der Waals surface area contributed by atoms with Gasteiger partial charge in [-0.25, -0.2) is 9.59 Å². The Bertz CT molecular complexity index is 513. The van der Waals surface area contributed by atoms with E-state index in [4.69, 9.17) is 9.84 Å². The summed E-state index contributed by atoms with van der Waals surface area (Å²) in [5.41, 5.74) is 1.13. The van der Waals surface area contributed by atoms with Crippen LogP contribution in [0.25, 0.3) is 0 Å². The molecule has 1 atom stereocenters. The van der Waals surface area contributed by atoms with Crippen molar-refractivity contribution in [1.82, 2.24) is 5.32 Å². The topological polar surface area (TPSA) is 105 Å².